The third-order valence-electron chi connectivity index (χ3n) is 1.97. The first-order valence-corrected chi connectivity index (χ1v) is 4.72. The van der Waals surface area contributed by atoms with Crippen LogP contribution in [0.1, 0.15) is 17.3 Å². The number of esters is 1. The molecular formula is C11H13NO4. The predicted octanol–water partition coefficient (Wildman–Crippen LogP) is 0.792. The first-order chi connectivity index (χ1) is 7.56. The molecule has 0 unspecified atom stereocenters. The molecule has 2 N–H and O–H groups in total. The molecule has 0 aliphatic rings. The molecule has 0 bridgehead atoms. The molecule has 1 rings (SSSR count). The zero-order valence-corrected chi connectivity index (χ0v) is 9.06. The van der Waals surface area contributed by atoms with E-state index in [2.05, 4.69) is 10.1 Å². The number of aliphatic hydroxyl groups is 1. The van der Waals surface area contributed by atoms with Gasteiger partial charge in [-0.15, -0.1) is 0 Å². The van der Waals surface area contributed by atoms with Gasteiger partial charge < -0.3 is 15.2 Å². The van der Waals surface area contributed by atoms with Gasteiger partial charge in [-0.2, -0.15) is 0 Å². The lowest BCUT2D eigenvalue weighted by atomic mass is 10.1. The van der Waals surface area contributed by atoms with Crippen molar-refractivity contribution in [2.24, 2.45) is 0 Å². The van der Waals surface area contributed by atoms with Gasteiger partial charge in [0.2, 0.25) is 0 Å². The summed E-state index contributed by atoms with van der Waals surface area (Å²) in [5, 5.41) is 11.5. The molecule has 0 spiro atoms. The minimum absolute atomic E-state index is 0.249. The number of rotatable bonds is 3. The molecule has 5 heteroatoms. The number of nitrogens with one attached hydrogen (secondary N) is 1. The van der Waals surface area contributed by atoms with E-state index < -0.39 is 18.0 Å². The summed E-state index contributed by atoms with van der Waals surface area (Å²) in [6.07, 6.45) is -1.13. The zero-order valence-electron chi connectivity index (χ0n) is 9.06. The van der Waals surface area contributed by atoms with Crippen LogP contribution < -0.4 is 5.32 Å². The minimum Gasteiger partial charge on any atom is -0.465 e. The van der Waals surface area contributed by atoms with E-state index in [1.54, 1.807) is 18.2 Å². The molecule has 5 nitrogen and oxygen atoms in total. The Kier molecular flexibility index (Phi) is 4.02. The van der Waals surface area contributed by atoms with Crippen LogP contribution >= 0.6 is 0 Å². The van der Waals surface area contributed by atoms with Crippen molar-refractivity contribution in [3.05, 3.63) is 29.8 Å². The molecule has 0 fully saturated rings. The van der Waals surface area contributed by atoms with Gasteiger partial charge in [-0.25, -0.2) is 4.79 Å². The molecule has 1 amide bonds. The summed E-state index contributed by atoms with van der Waals surface area (Å²) in [6.45, 7) is 1.34. The summed E-state index contributed by atoms with van der Waals surface area (Å²) < 4.78 is 4.57. The number of carbonyl (C=O) groups excluding carboxylic acids is 2. The topological polar surface area (TPSA) is 75.6 Å². The van der Waals surface area contributed by atoms with Crippen LogP contribution in [0.15, 0.2) is 24.3 Å². The summed E-state index contributed by atoms with van der Waals surface area (Å²) in [7, 11) is 1.26. The van der Waals surface area contributed by atoms with Crippen LogP contribution in [0.2, 0.25) is 0 Å². The Morgan fingerprint density at radius 2 is 2.00 bits per heavy atom. The number of anilines is 1. The number of para-hydroxylation sites is 1. The number of ether oxygens (including phenoxy) is 1. The number of carbonyl (C=O) groups is 2. The Bertz CT molecular complexity index is 401. The van der Waals surface area contributed by atoms with Crippen molar-refractivity contribution >= 4 is 17.6 Å². The molecule has 16 heavy (non-hydrogen) atoms. The molecule has 86 valence electrons. The summed E-state index contributed by atoms with van der Waals surface area (Å²) in [5.74, 6) is -1.11. The fraction of sp³-hybridized carbons (Fsp3) is 0.273. The van der Waals surface area contributed by atoms with Gasteiger partial charge in [-0.3, -0.25) is 4.79 Å². The number of aliphatic hydroxyl groups excluding tert-OH is 1. The maximum absolute atomic E-state index is 11.3. The fourth-order valence-electron chi connectivity index (χ4n) is 1.12. The van der Waals surface area contributed by atoms with Crippen molar-refractivity contribution in [1.82, 2.24) is 0 Å². The van der Waals surface area contributed by atoms with Gasteiger partial charge in [0.05, 0.1) is 18.4 Å². The monoisotopic (exact) mass is 223 g/mol. The van der Waals surface area contributed by atoms with Crippen molar-refractivity contribution in [2.75, 3.05) is 12.4 Å². The second-order valence-electron chi connectivity index (χ2n) is 3.20. The third kappa shape index (κ3) is 2.80. The van der Waals surface area contributed by atoms with Gasteiger partial charge in [0.15, 0.2) is 0 Å². The lowest BCUT2D eigenvalue weighted by Gasteiger charge is -2.10. The molecular weight excluding hydrogens is 210 g/mol. The number of hydrogen-bond acceptors (Lipinski definition) is 4. The molecule has 0 heterocycles. The molecule has 1 aromatic carbocycles. The quantitative estimate of drug-likeness (QED) is 0.743. The highest BCUT2D eigenvalue weighted by Crippen LogP contribution is 2.16. The Hall–Kier alpha value is -1.88. The number of benzene rings is 1. The van der Waals surface area contributed by atoms with Crippen LogP contribution in [0, 0.1) is 0 Å². The van der Waals surface area contributed by atoms with Crippen molar-refractivity contribution in [3.8, 4) is 0 Å². The molecule has 0 aliphatic heterocycles. The van der Waals surface area contributed by atoms with Gasteiger partial charge in [0, 0.05) is 0 Å². The van der Waals surface area contributed by atoms with E-state index in [1.807, 2.05) is 0 Å². The summed E-state index contributed by atoms with van der Waals surface area (Å²) in [4.78, 5) is 22.6. The van der Waals surface area contributed by atoms with E-state index in [0.717, 1.165) is 0 Å². The molecule has 1 aromatic rings. The van der Waals surface area contributed by atoms with E-state index in [9.17, 15) is 9.59 Å². The van der Waals surface area contributed by atoms with Gasteiger partial charge in [0.1, 0.15) is 6.10 Å². The summed E-state index contributed by atoms with van der Waals surface area (Å²) in [6, 6.07) is 6.42. The van der Waals surface area contributed by atoms with Crippen molar-refractivity contribution < 1.29 is 19.4 Å². The second-order valence-corrected chi connectivity index (χ2v) is 3.20. The average Bonchev–Trinajstić information content (AvgIpc) is 2.28. The van der Waals surface area contributed by atoms with E-state index in [-0.39, 0.29) is 5.56 Å². The third-order valence-corrected chi connectivity index (χ3v) is 1.97. The van der Waals surface area contributed by atoms with Crippen LogP contribution in [0.4, 0.5) is 5.69 Å². The first kappa shape index (κ1) is 12.2. The van der Waals surface area contributed by atoms with Crippen LogP contribution in [0.3, 0.4) is 0 Å². The number of amides is 1. The van der Waals surface area contributed by atoms with E-state index in [4.69, 9.17) is 5.11 Å². The SMILES string of the molecule is COC(=O)c1ccccc1NC(=O)[C@H](C)O. The number of hydrogen-bond donors (Lipinski definition) is 2. The molecule has 0 saturated heterocycles. The van der Waals surface area contributed by atoms with Crippen LogP contribution in [-0.4, -0.2) is 30.2 Å². The van der Waals surface area contributed by atoms with Crippen LogP contribution in [0.25, 0.3) is 0 Å². The maximum Gasteiger partial charge on any atom is 0.339 e. The molecule has 0 saturated carbocycles. The lowest BCUT2D eigenvalue weighted by molar-refractivity contribution is -0.123. The highest BCUT2D eigenvalue weighted by molar-refractivity contribution is 6.02. The Balaban J connectivity index is 2.95. The van der Waals surface area contributed by atoms with Crippen LogP contribution in [0.5, 0.6) is 0 Å². The Labute approximate surface area is 93.0 Å². The van der Waals surface area contributed by atoms with Crippen molar-refractivity contribution in [2.45, 2.75) is 13.0 Å². The number of methoxy groups -OCH3 is 1. The minimum atomic E-state index is -1.13. The van der Waals surface area contributed by atoms with Crippen molar-refractivity contribution in [1.29, 1.82) is 0 Å². The molecule has 1 atom stereocenters. The highest BCUT2D eigenvalue weighted by Gasteiger charge is 2.15. The zero-order chi connectivity index (χ0) is 12.1. The van der Waals surface area contributed by atoms with Gasteiger partial charge in [0.25, 0.3) is 5.91 Å². The average molecular weight is 223 g/mol. The smallest absolute Gasteiger partial charge is 0.339 e. The van der Waals surface area contributed by atoms with E-state index >= 15 is 0 Å². The maximum atomic E-state index is 11.3. The highest BCUT2D eigenvalue weighted by atomic mass is 16.5. The predicted molar refractivity (Wildman–Crippen MR) is 58.1 cm³/mol. The van der Waals surface area contributed by atoms with Crippen LogP contribution in [-0.2, 0) is 9.53 Å². The second kappa shape index (κ2) is 5.27. The Morgan fingerprint density at radius 3 is 2.56 bits per heavy atom. The lowest BCUT2D eigenvalue weighted by Crippen LogP contribution is -2.25. The molecule has 0 aliphatic carbocycles. The summed E-state index contributed by atoms with van der Waals surface area (Å²) >= 11 is 0. The van der Waals surface area contributed by atoms with Crippen molar-refractivity contribution in [3.63, 3.8) is 0 Å². The van der Waals surface area contributed by atoms with Gasteiger partial charge in [-0.05, 0) is 19.1 Å². The van der Waals surface area contributed by atoms with E-state index in [1.165, 1.54) is 20.1 Å². The fourth-order valence-corrected chi connectivity index (χ4v) is 1.12. The standard InChI is InChI=1S/C11H13NO4/c1-7(13)10(14)12-9-6-4-3-5-8(9)11(15)16-2/h3-7,13H,1-2H3,(H,12,14)/t7-/m0/s1. The van der Waals surface area contributed by atoms with Gasteiger partial charge >= 0.3 is 5.97 Å². The normalized spacial score (nSPS) is 11.7. The molecule has 0 aromatic heterocycles. The molecule has 0 radical (unpaired) electrons. The van der Waals surface area contributed by atoms with E-state index in [0.29, 0.717) is 5.69 Å². The van der Waals surface area contributed by atoms with Gasteiger partial charge in [-0.1, -0.05) is 12.1 Å². The Morgan fingerprint density at radius 1 is 1.38 bits per heavy atom. The summed E-state index contributed by atoms with van der Waals surface area (Å²) in [5.41, 5.74) is 0.569. The largest absolute Gasteiger partial charge is 0.465 e. The first-order valence-electron chi connectivity index (χ1n) is 4.72.